The standard InChI is InChI=1S/C14H22N2O4/c1-4-16(3)13(18)9(2)15-12(17)10-7-5-6-8-11(10)14(19)20/h5-6,9-11H,4,7-8H2,1-3H3,(H,15,17)(H,19,20). The molecule has 20 heavy (non-hydrogen) atoms. The summed E-state index contributed by atoms with van der Waals surface area (Å²) in [6, 6.07) is -0.646. The van der Waals surface area contributed by atoms with Crippen LogP contribution in [0.1, 0.15) is 26.7 Å². The summed E-state index contributed by atoms with van der Waals surface area (Å²) in [5.41, 5.74) is 0. The fourth-order valence-electron chi connectivity index (χ4n) is 2.25. The van der Waals surface area contributed by atoms with Crippen molar-refractivity contribution < 1.29 is 19.5 Å². The van der Waals surface area contributed by atoms with Crippen molar-refractivity contribution in [3.8, 4) is 0 Å². The van der Waals surface area contributed by atoms with Crippen LogP contribution in [0, 0.1) is 11.8 Å². The first-order valence-electron chi connectivity index (χ1n) is 6.81. The zero-order valence-corrected chi connectivity index (χ0v) is 12.1. The van der Waals surface area contributed by atoms with Crippen LogP contribution in [-0.2, 0) is 14.4 Å². The maximum absolute atomic E-state index is 12.2. The van der Waals surface area contributed by atoms with Gasteiger partial charge < -0.3 is 15.3 Å². The molecule has 0 heterocycles. The lowest BCUT2D eigenvalue weighted by Gasteiger charge is -2.27. The molecule has 0 aromatic carbocycles. The molecule has 112 valence electrons. The van der Waals surface area contributed by atoms with E-state index in [0.717, 1.165) is 0 Å². The summed E-state index contributed by atoms with van der Waals surface area (Å²) in [7, 11) is 1.66. The third-order valence-corrected chi connectivity index (χ3v) is 3.67. The van der Waals surface area contributed by atoms with Crippen LogP contribution in [0.25, 0.3) is 0 Å². The molecule has 0 bridgehead atoms. The van der Waals surface area contributed by atoms with Crippen LogP contribution in [0.3, 0.4) is 0 Å². The fraction of sp³-hybridized carbons (Fsp3) is 0.643. The number of aliphatic carboxylic acids is 1. The molecule has 2 amide bonds. The highest BCUT2D eigenvalue weighted by Crippen LogP contribution is 2.26. The molecule has 0 aromatic rings. The number of carboxylic acids is 1. The molecule has 3 atom stereocenters. The molecule has 1 rings (SSSR count). The third-order valence-electron chi connectivity index (χ3n) is 3.67. The molecule has 0 saturated heterocycles. The van der Waals surface area contributed by atoms with Crippen molar-refractivity contribution in [1.29, 1.82) is 0 Å². The molecule has 0 fully saturated rings. The zero-order valence-electron chi connectivity index (χ0n) is 12.1. The zero-order chi connectivity index (χ0) is 15.3. The van der Waals surface area contributed by atoms with Gasteiger partial charge in [-0.1, -0.05) is 12.2 Å². The first kappa shape index (κ1) is 16.2. The van der Waals surface area contributed by atoms with Crippen molar-refractivity contribution in [3.63, 3.8) is 0 Å². The maximum Gasteiger partial charge on any atom is 0.307 e. The van der Waals surface area contributed by atoms with Gasteiger partial charge in [-0.25, -0.2) is 0 Å². The van der Waals surface area contributed by atoms with E-state index in [1.807, 2.05) is 13.0 Å². The molecule has 6 nitrogen and oxygen atoms in total. The van der Waals surface area contributed by atoms with E-state index < -0.39 is 23.8 Å². The van der Waals surface area contributed by atoms with E-state index in [4.69, 9.17) is 5.11 Å². The predicted octanol–water partition coefficient (Wildman–Crippen LogP) is 0.636. The number of nitrogens with one attached hydrogen (secondary N) is 1. The molecule has 2 N–H and O–H groups in total. The summed E-state index contributed by atoms with van der Waals surface area (Å²) in [6.45, 7) is 4.02. The maximum atomic E-state index is 12.2. The van der Waals surface area contributed by atoms with Gasteiger partial charge in [-0.05, 0) is 26.7 Å². The SMILES string of the molecule is CCN(C)C(=O)C(C)NC(=O)C1CC=CCC1C(=O)O. The van der Waals surface area contributed by atoms with Gasteiger partial charge in [0, 0.05) is 13.6 Å². The predicted molar refractivity (Wildman–Crippen MR) is 73.9 cm³/mol. The topological polar surface area (TPSA) is 86.7 Å². The number of nitrogens with zero attached hydrogens (tertiary/aromatic N) is 1. The van der Waals surface area contributed by atoms with Crippen LogP contribution in [0.2, 0.25) is 0 Å². The van der Waals surface area contributed by atoms with Crippen LogP contribution >= 0.6 is 0 Å². The lowest BCUT2D eigenvalue weighted by molar-refractivity contribution is -0.147. The van der Waals surface area contributed by atoms with Gasteiger partial charge >= 0.3 is 5.97 Å². The van der Waals surface area contributed by atoms with E-state index >= 15 is 0 Å². The summed E-state index contributed by atoms with van der Waals surface area (Å²) in [5.74, 6) is -2.85. The van der Waals surface area contributed by atoms with E-state index in [-0.39, 0.29) is 11.8 Å². The molecule has 0 aromatic heterocycles. The summed E-state index contributed by atoms with van der Waals surface area (Å²) >= 11 is 0. The van der Waals surface area contributed by atoms with Crippen LogP contribution in [0.4, 0.5) is 0 Å². The largest absolute Gasteiger partial charge is 0.481 e. The highest BCUT2D eigenvalue weighted by atomic mass is 16.4. The molecular weight excluding hydrogens is 260 g/mol. The second-order valence-corrected chi connectivity index (χ2v) is 5.08. The Kier molecular flexibility index (Phi) is 5.73. The van der Waals surface area contributed by atoms with Crippen molar-refractivity contribution in [3.05, 3.63) is 12.2 Å². The summed E-state index contributed by atoms with van der Waals surface area (Å²) in [4.78, 5) is 36.7. The Morgan fingerprint density at radius 1 is 1.30 bits per heavy atom. The highest BCUT2D eigenvalue weighted by molar-refractivity contribution is 5.90. The number of allylic oxidation sites excluding steroid dienone is 2. The Bertz CT molecular complexity index is 419. The van der Waals surface area contributed by atoms with Gasteiger partial charge in [-0.3, -0.25) is 14.4 Å². The average Bonchev–Trinajstić information content (AvgIpc) is 2.45. The fourth-order valence-corrected chi connectivity index (χ4v) is 2.25. The molecule has 0 spiro atoms. The lowest BCUT2D eigenvalue weighted by atomic mass is 9.82. The van der Waals surface area contributed by atoms with Crippen LogP contribution < -0.4 is 5.32 Å². The van der Waals surface area contributed by atoms with Crippen LogP contribution in [-0.4, -0.2) is 47.4 Å². The Balaban J connectivity index is 2.67. The van der Waals surface area contributed by atoms with Crippen molar-refractivity contribution >= 4 is 17.8 Å². The summed E-state index contributed by atoms with van der Waals surface area (Å²) in [5, 5.41) is 11.8. The smallest absolute Gasteiger partial charge is 0.307 e. The monoisotopic (exact) mass is 282 g/mol. The van der Waals surface area contributed by atoms with Crippen molar-refractivity contribution in [2.24, 2.45) is 11.8 Å². The average molecular weight is 282 g/mol. The Hall–Kier alpha value is -1.85. The van der Waals surface area contributed by atoms with Gasteiger partial charge in [0.1, 0.15) is 6.04 Å². The number of carbonyl (C=O) groups is 3. The van der Waals surface area contributed by atoms with Crippen molar-refractivity contribution in [1.82, 2.24) is 10.2 Å². The van der Waals surface area contributed by atoms with Gasteiger partial charge in [-0.15, -0.1) is 0 Å². The van der Waals surface area contributed by atoms with E-state index in [1.54, 1.807) is 20.0 Å². The van der Waals surface area contributed by atoms with Gasteiger partial charge in [0.05, 0.1) is 11.8 Å². The summed E-state index contributed by atoms with van der Waals surface area (Å²) < 4.78 is 0. The van der Waals surface area contributed by atoms with Crippen LogP contribution in [0.5, 0.6) is 0 Å². The van der Waals surface area contributed by atoms with E-state index in [9.17, 15) is 14.4 Å². The van der Waals surface area contributed by atoms with Gasteiger partial charge in [0.15, 0.2) is 0 Å². The molecule has 3 unspecified atom stereocenters. The molecule has 0 radical (unpaired) electrons. The number of amides is 2. The van der Waals surface area contributed by atoms with Crippen molar-refractivity contribution in [2.45, 2.75) is 32.7 Å². The molecular formula is C14H22N2O4. The van der Waals surface area contributed by atoms with Gasteiger partial charge in [-0.2, -0.15) is 0 Å². The summed E-state index contributed by atoms with van der Waals surface area (Å²) in [6.07, 6.45) is 4.34. The van der Waals surface area contributed by atoms with Crippen molar-refractivity contribution in [2.75, 3.05) is 13.6 Å². The number of hydrogen-bond donors (Lipinski definition) is 2. The third kappa shape index (κ3) is 3.82. The molecule has 1 aliphatic rings. The highest BCUT2D eigenvalue weighted by Gasteiger charge is 2.35. The number of hydrogen-bond acceptors (Lipinski definition) is 3. The second-order valence-electron chi connectivity index (χ2n) is 5.08. The lowest BCUT2D eigenvalue weighted by Crippen LogP contribution is -2.49. The minimum Gasteiger partial charge on any atom is -0.481 e. The van der Waals surface area contributed by atoms with E-state index in [1.165, 1.54) is 4.90 Å². The first-order valence-corrected chi connectivity index (χ1v) is 6.81. The molecule has 0 aliphatic heterocycles. The van der Waals surface area contributed by atoms with Crippen LogP contribution in [0.15, 0.2) is 12.2 Å². The minimum absolute atomic E-state index is 0.181. The quantitative estimate of drug-likeness (QED) is 0.724. The normalized spacial score (nSPS) is 22.9. The number of carboxylic acid groups (broad SMARTS) is 1. The Morgan fingerprint density at radius 3 is 2.35 bits per heavy atom. The van der Waals surface area contributed by atoms with Gasteiger partial charge in [0.25, 0.3) is 0 Å². The first-order chi connectivity index (χ1) is 9.38. The Labute approximate surface area is 118 Å². The molecule has 0 saturated carbocycles. The number of carbonyl (C=O) groups excluding carboxylic acids is 2. The molecule has 6 heteroatoms. The minimum atomic E-state index is -0.973. The molecule has 1 aliphatic carbocycles. The number of likely N-dealkylation sites (N-methyl/N-ethyl adjacent to an activating group) is 1. The second kappa shape index (κ2) is 7.07. The Morgan fingerprint density at radius 2 is 1.85 bits per heavy atom. The van der Waals surface area contributed by atoms with Gasteiger partial charge in [0.2, 0.25) is 11.8 Å². The van der Waals surface area contributed by atoms with E-state index in [2.05, 4.69) is 5.32 Å². The number of rotatable bonds is 5. The van der Waals surface area contributed by atoms with E-state index in [0.29, 0.717) is 19.4 Å².